The number of carbonyl (C=O) groups is 2. The summed E-state index contributed by atoms with van der Waals surface area (Å²) in [6.45, 7) is 17.2. The third-order valence-electron chi connectivity index (χ3n) is 5.15. The second-order valence-electron chi connectivity index (χ2n) is 10.5. The van der Waals surface area contributed by atoms with Crippen LogP contribution >= 0.6 is 0 Å². The molecule has 0 N–H and O–H groups in total. The fourth-order valence-electron chi connectivity index (χ4n) is 4.04. The van der Waals surface area contributed by atoms with Gasteiger partial charge in [0.1, 0.15) is 0 Å². The Morgan fingerprint density at radius 3 is 2.14 bits per heavy atom. The lowest BCUT2D eigenvalue weighted by Crippen LogP contribution is -2.48. The van der Waals surface area contributed by atoms with Crippen molar-refractivity contribution in [2.75, 3.05) is 6.61 Å². The van der Waals surface area contributed by atoms with Gasteiger partial charge in [-0.05, 0) is 52.9 Å². The van der Waals surface area contributed by atoms with E-state index in [4.69, 9.17) is 4.74 Å². The van der Waals surface area contributed by atoms with E-state index in [1.54, 1.807) is 0 Å². The zero-order valence-corrected chi connectivity index (χ0v) is 19.2. The smallest absolute Gasteiger partial charge is 0.254 e. The second kappa shape index (κ2) is 8.38. The number of hydrogen-bond acceptors (Lipinski definition) is 5. The van der Waals surface area contributed by atoms with Crippen LogP contribution in [0.1, 0.15) is 73.9 Å². The van der Waals surface area contributed by atoms with Gasteiger partial charge in [-0.15, -0.1) is 5.10 Å². The van der Waals surface area contributed by atoms with Crippen LogP contribution in [0.3, 0.4) is 0 Å². The number of imide groups is 1. The highest BCUT2D eigenvalue weighted by atomic mass is 16.5. The van der Waals surface area contributed by atoms with E-state index >= 15 is 0 Å². The third kappa shape index (κ3) is 6.23. The molecule has 0 aliphatic carbocycles. The fourth-order valence-corrected chi connectivity index (χ4v) is 4.04. The summed E-state index contributed by atoms with van der Waals surface area (Å²) in [4.78, 5) is 25.1. The van der Waals surface area contributed by atoms with Crippen molar-refractivity contribution >= 4 is 11.8 Å². The molecule has 0 fully saturated rings. The first-order valence-electron chi connectivity index (χ1n) is 10.3. The Kier molecular flexibility index (Phi) is 6.72. The van der Waals surface area contributed by atoms with Gasteiger partial charge in [0.25, 0.3) is 11.8 Å². The van der Waals surface area contributed by atoms with E-state index in [-0.39, 0.29) is 28.9 Å². The molecule has 1 aromatic rings. The molecule has 29 heavy (non-hydrogen) atoms. The Morgan fingerprint density at radius 2 is 1.59 bits per heavy atom. The van der Waals surface area contributed by atoms with E-state index in [1.807, 2.05) is 31.6 Å². The molecule has 0 bridgehead atoms. The summed E-state index contributed by atoms with van der Waals surface area (Å²) in [7, 11) is 0. The summed E-state index contributed by atoms with van der Waals surface area (Å²) < 4.78 is 7.89. The normalized spacial score (nSPS) is 16.8. The Labute approximate surface area is 174 Å². The maximum absolute atomic E-state index is 11.9. The van der Waals surface area contributed by atoms with Crippen LogP contribution in [0.4, 0.5) is 0 Å². The first kappa shape index (κ1) is 23.3. The average molecular weight is 405 g/mol. The number of ether oxygens (including phenoxy) is 1. The highest BCUT2D eigenvalue weighted by Crippen LogP contribution is 2.31. The molecule has 7 heteroatoms. The summed E-state index contributed by atoms with van der Waals surface area (Å²) >= 11 is 0. The zero-order valence-electron chi connectivity index (χ0n) is 19.2. The number of carbonyl (C=O) groups excluding carboxylic acids is 2. The van der Waals surface area contributed by atoms with Crippen LogP contribution in [0.15, 0.2) is 18.3 Å². The maximum atomic E-state index is 11.9. The fraction of sp³-hybridized carbons (Fsp3) is 0.727. The molecule has 2 rings (SSSR count). The molecular formula is C22H36N4O3. The molecule has 0 spiro atoms. The largest absolute Gasteiger partial charge is 0.378 e. The number of hydrogen-bond donors (Lipinski definition) is 0. The van der Waals surface area contributed by atoms with Crippen molar-refractivity contribution in [1.29, 1.82) is 0 Å². The Bertz CT molecular complexity index is 753. The summed E-state index contributed by atoms with van der Waals surface area (Å²) in [5.41, 5.74) is 0.401. The van der Waals surface area contributed by atoms with Crippen molar-refractivity contribution in [2.45, 2.75) is 91.8 Å². The van der Waals surface area contributed by atoms with E-state index in [0.29, 0.717) is 19.4 Å². The second-order valence-corrected chi connectivity index (χ2v) is 10.5. The number of amides is 2. The van der Waals surface area contributed by atoms with Gasteiger partial charge >= 0.3 is 0 Å². The van der Waals surface area contributed by atoms with Crippen LogP contribution in [-0.4, -0.2) is 50.0 Å². The Hall–Kier alpha value is -2.02. The van der Waals surface area contributed by atoms with Crippen LogP contribution in [0, 0.1) is 5.41 Å². The molecule has 2 heterocycles. The van der Waals surface area contributed by atoms with E-state index in [1.165, 1.54) is 17.1 Å². The standard InChI is InChI=1S/C22H36N4O3/c1-16(29-12-11-21(5,6)26-18(27)9-10-19(26)28)13-17-14-25(24-23-17)22(7,8)15-20(2,3)4/h9-10,14,16H,11-13,15H2,1-8H3. The minimum absolute atomic E-state index is 0.0372. The van der Waals surface area contributed by atoms with Crippen LogP contribution in [-0.2, 0) is 26.3 Å². The lowest BCUT2D eigenvalue weighted by molar-refractivity contribution is -0.143. The van der Waals surface area contributed by atoms with Crippen molar-refractivity contribution in [3.8, 4) is 0 Å². The number of nitrogens with zero attached hydrogens (tertiary/aromatic N) is 4. The SMILES string of the molecule is CC(Cc1cn(C(C)(C)CC(C)(C)C)nn1)OCCC(C)(C)N1C(=O)C=CC1=O. The molecular weight excluding hydrogens is 368 g/mol. The van der Waals surface area contributed by atoms with Gasteiger partial charge in [0, 0.05) is 36.9 Å². The molecule has 7 nitrogen and oxygen atoms in total. The Morgan fingerprint density at radius 1 is 1.00 bits per heavy atom. The van der Waals surface area contributed by atoms with Gasteiger partial charge in [-0.1, -0.05) is 26.0 Å². The number of rotatable bonds is 9. The predicted octanol–water partition coefficient (Wildman–Crippen LogP) is 3.49. The van der Waals surface area contributed by atoms with Crippen molar-refractivity contribution in [3.63, 3.8) is 0 Å². The van der Waals surface area contributed by atoms with Crippen molar-refractivity contribution < 1.29 is 14.3 Å². The van der Waals surface area contributed by atoms with Crippen molar-refractivity contribution in [1.82, 2.24) is 19.9 Å². The Balaban J connectivity index is 1.86. The quantitative estimate of drug-likeness (QED) is 0.589. The highest BCUT2D eigenvalue weighted by molar-refractivity contribution is 6.13. The van der Waals surface area contributed by atoms with E-state index in [0.717, 1.165) is 12.1 Å². The monoisotopic (exact) mass is 404 g/mol. The van der Waals surface area contributed by atoms with Crippen LogP contribution in [0.25, 0.3) is 0 Å². The van der Waals surface area contributed by atoms with Gasteiger partial charge in [-0.25, -0.2) is 4.68 Å². The predicted molar refractivity (Wildman–Crippen MR) is 112 cm³/mol. The van der Waals surface area contributed by atoms with E-state index in [9.17, 15) is 9.59 Å². The molecule has 1 aliphatic heterocycles. The van der Waals surface area contributed by atoms with Gasteiger partial charge in [0.05, 0.1) is 17.3 Å². The van der Waals surface area contributed by atoms with E-state index in [2.05, 4.69) is 44.9 Å². The first-order valence-corrected chi connectivity index (χ1v) is 10.3. The molecule has 0 radical (unpaired) electrons. The molecule has 1 atom stereocenters. The lowest BCUT2D eigenvalue weighted by Gasteiger charge is -2.34. The third-order valence-corrected chi connectivity index (χ3v) is 5.15. The molecule has 0 aromatic carbocycles. The van der Waals surface area contributed by atoms with Gasteiger partial charge in [-0.3, -0.25) is 14.5 Å². The summed E-state index contributed by atoms with van der Waals surface area (Å²) in [5.74, 6) is -0.523. The molecule has 1 aliphatic rings. The minimum Gasteiger partial charge on any atom is -0.378 e. The van der Waals surface area contributed by atoms with Crippen LogP contribution < -0.4 is 0 Å². The van der Waals surface area contributed by atoms with Crippen LogP contribution in [0.2, 0.25) is 0 Å². The van der Waals surface area contributed by atoms with E-state index < -0.39 is 5.54 Å². The van der Waals surface area contributed by atoms with Gasteiger partial charge in [0.15, 0.2) is 0 Å². The molecule has 1 unspecified atom stereocenters. The molecule has 2 amide bonds. The molecule has 0 saturated carbocycles. The molecule has 162 valence electrons. The topological polar surface area (TPSA) is 77.3 Å². The average Bonchev–Trinajstić information content (AvgIpc) is 3.12. The maximum Gasteiger partial charge on any atom is 0.254 e. The summed E-state index contributed by atoms with van der Waals surface area (Å²) in [5, 5.41) is 8.66. The van der Waals surface area contributed by atoms with Crippen LogP contribution in [0.5, 0.6) is 0 Å². The molecule has 1 aromatic heterocycles. The lowest BCUT2D eigenvalue weighted by atomic mass is 9.82. The minimum atomic E-state index is -0.586. The van der Waals surface area contributed by atoms with Gasteiger partial charge < -0.3 is 4.74 Å². The highest BCUT2D eigenvalue weighted by Gasteiger charge is 2.37. The molecule has 0 saturated heterocycles. The van der Waals surface area contributed by atoms with Gasteiger partial charge in [-0.2, -0.15) is 0 Å². The number of aromatic nitrogens is 3. The summed E-state index contributed by atoms with van der Waals surface area (Å²) in [6.07, 6.45) is 6.83. The van der Waals surface area contributed by atoms with Gasteiger partial charge in [0.2, 0.25) is 0 Å². The summed E-state index contributed by atoms with van der Waals surface area (Å²) in [6, 6.07) is 0. The zero-order chi connectivity index (χ0) is 22.0. The van der Waals surface area contributed by atoms with Crippen molar-refractivity contribution in [2.24, 2.45) is 5.41 Å². The van der Waals surface area contributed by atoms with Crippen molar-refractivity contribution in [3.05, 3.63) is 24.0 Å². The first-order chi connectivity index (χ1) is 13.2.